The standard InChI is InChI=1S/C11H15N5/c1-2-15-10-11(9-14-15)8-12-5-7-16-6-3-4-13-16/h2-4,6,9-10,12H,1,5,7-8H2. The van der Waals surface area contributed by atoms with E-state index in [-0.39, 0.29) is 0 Å². The summed E-state index contributed by atoms with van der Waals surface area (Å²) < 4.78 is 3.60. The highest BCUT2D eigenvalue weighted by Gasteiger charge is 1.96. The molecule has 0 aliphatic heterocycles. The van der Waals surface area contributed by atoms with E-state index in [1.165, 1.54) is 0 Å². The van der Waals surface area contributed by atoms with Crippen molar-refractivity contribution in [2.45, 2.75) is 13.1 Å². The van der Waals surface area contributed by atoms with Gasteiger partial charge in [0.15, 0.2) is 0 Å². The Kier molecular flexibility index (Phi) is 3.50. The fraction of sp³-hybridized carbons (Fsp3) is 0.273. The van der Waals surface area contributed by atoms with Gasteiger partial charge in [0.05, 0.1) is 12.7 Å². The molecule has 0 saturated heterocycles. The summed E-state index contributed by atoms with van der Waals surface area (Å²) in [5, 5.41) is 11.6. The van der Waals surface area contributed by atoms with Crippen LogP contribution in [0.5, 0.6) is 0 Å². The van der Waals surface area contributed by atoms with Crippen molar-refractivity contribution >= 4 is 6.20 Å². The maximum atomic E-state index is 4.13. The molecule has 2 rings (SSSR count). The van der Waals surface area contributed by atoms with Crippen LogP contribution in [-0.2, 0) is 13.1 Å². The van der Waals surface area contributed by atoms with Crippen molar-refractivity contribution < 1.29 is 0 Å². The van der Waals surface area contributed by atoms with E-state index in [0.29, 0.717) is 0 Å². The van der Waals surface area contributed by atoms with Crippen molar-refractivity contribution in [3.63, 3.8) is 0 Å². The number of nitrogens with one attached hydrogen (secondary N) is 1. The normalized spacial score (nSPS) is 10.5. The Labute approximate surface area is 94.4 Å². The third-order valence-corrected chi connectivity index (χ3v) is 2.25. The summed E-state index contributed by atoms with van der Waals surface area (Å²) >= 11 is 0. The van der Waals surface area contributed by atoms with E-state index in [2.05, 4.69) is 22.1 Å². The minimum absolute atomic E-state index is 0.815. The molecule has 0 spiro atoms. The number of hydrogen-bond acceptors (Lipinski definition) is 3. The van der Waals surface area contributed by atoms with Crippen LogP contribution in [0.15, 0.2) is 37.4 Å². The summed E-state index contributed by atoms with van der Waals surface area (Å²) in [6, 6.07) is 1.92. The Morgan fingerprint density at radius 1 is 1.44 bits per heavy atom. The first-order valence-electron chi connectivity index (χ1n) is 5.22. The summed E-state index contributed by atoms with van der Waals surface area (Å²) in [5.41, 5.74) is 1.15. The van der Waals surface area contributed by atoms with Crippen LogP contribution in [0.1, 0.15) is 5.56 Å². The van der Waals surface area contributed by atoms with Crippen molar-refractivity contribution in [3.05, 3.63) is 43.0 Å². The topological polar surface area (TPSA) is 47.7 Å². The van der Waals surface area contributed by atoms with Gasteiger partial charge in [-0.2, -0.15) is 10.2 Å². The molecule has 16 heavy (non-hydrogen) atoms. The zero-order valence-electron chi connectivity index (χ0n) is 9.08. The first kappa shape index (κ1) is 10.6. The van der Waals surface area contributed by atoms with Gasteiger partial charge < -0.3 is 5.32 Å². The van der Waals surface area contributed by atoms with E-state index in [4.69, 9.17) is 0 Å². The molecule has 0 aliphatic carbocycles. The Morgan fingerprint density at radius 2 is 2.38 bits per heavy atom. The van der Waals surface area contributed by atoms with Crippen LogP contribution in [0.25, 0.3) is 6.20 Å². The van der Waals surface area contributed by atoms with Gasteiger partial charge in [-0.3, -0.25) is 4.68 Å². The lowest BCUT2D eigenvalue weighted by Gasteiger charge is -2.02. The van der Waals surface area contributed by atoms with Gasteiger partial charge in [-0.1, -0.05) is 6.58 Å². The molecule has 0 bridgehead atoms. The van der Waals surface area contributed by atoms with Crippen LogP contribution in [0.4, 0.5) is 0 Å². The smallest absolute Gasteiger partial charge is 0.0538 e. The highest BCUT2D eigenvalue weighted by Crippen LogP contribution is 1.96. The van der Waals surface area contributed by atoms with Gasteiger partial charge >= 0.3 is 0 Å². The molecule has 5 nitrogen and oxygen atoms in total. The van der Waals surface area contributed by atoms with E-state index < -0.39 is 0 Å². The Hall–Kier alpha value is -1.88. The molecule has 2 aromatic heterocycles. The van der Waals surface area contributed by atoms with Gasteiger partial charge in [0, 0.05) is 43.4 Å². The van der Waals surface area contributed by atoms with Crippen molar-refractivity contribution in [1.29, 1.82) is 0 Å². The summed E-state index contributed by atoms with van der Waals surface area (Å²) in [6.45, 7) is 6.22. The van der Waals surface area contributed by atoms with Crippen molar-refractivity contribution in [1.82, 2.24) is 24.9 Å². The Balaban J connectivity index is 1.70. The number of nitrogens with zero attached hydrogens (tertiary/aromatic N) is 4. The van der Waals surface area contributed by atoms with Gasteiger partial charge in [0.25, 0.3) is 0 Å². The maximum absolute atomic E-state index is 4.13. The predicted molar refractivity (Wildman–Crippen MR) is 62.5 cm³/mol. The van der Waals surface area contributed by atoms with Gasteiger partial charge in [0.2, 0.25) is 0 Å². The largest absolute Gasteiger partial charge is 0.311 e. The van der Waals surface area contributed by atoms with E-state index >= 15 is 0 Å². The molecule has 0 saturated carbocycles. The number of aromatic nitrogens is 4. The van der Waals surface area contributed by atoms with Crippen molar-refractivity contribution in [2.75, 3.05) is 6.54 Å². The first-order chi connectivity index (χ1) is 7.88. The summed E-state index contributed by atoms with van der Waals surface area (Å²) in [5.74, 6) is 0. The molecule has 0 aromatic carbocycles. The minimum Gasteiger partial charge on any atom is -0.311 e. The molecule has 5 heteroatoms. The second-order valence-corrected chi connectivity index (χ2v) is 3.46. The van der Waals surface area contributed by atoms with E-state index in [1.807, 2.05) is 29.3 Å². The zero-order chi connectivity index (χ0) is 11.2. The second kappa shape index (κ2) is 5.27. The van der Waals surface area contributed by atoms with Crippen molar-refractivity contribution in [2.24, 2.45) is 0 Å². The number of rotatable bonds is 6. The molecule has 0 fully saturated rings. The van der Waals surface area contributed by atoms with Gasteiger partial charge in [0.1, 0.15) is 0 Å². The molecule has 2 aromatic rings. The Morgan fingerprint density at radius 3 is 3.06 bits per heavy atom. The molecular formula is C11H15N5. The SMILES string of the molecule is C=Cn1cc(CNCCn2cccn2)cn1. The summed E-state index contributed by atoms with van der Waals surface area (Å²) in [4.78, 5) is 0. The second-order valence-electron chi connectivity index (χ2n) is 3.46. The lowest BCUT2D eigenvalue weighted by Crippen LogP contribution is -2.19. The lowest BCUT2D eigenvalue weighted by atomic mass is 10.3. The summed E-state index contributed by atoms with van der Waals surface area (Å²) in [6.07, 6.45) is 9.20. The summed E-state index contributed by atoms with van der Waals surface area (Å²) in [7, 11) is 0. The molecule has 84 valence electrons. The third-order valence-electron chi connectivity index (χ3n) is 2.25. The van der Waals surface area contributed by atoms with E-state index in [9.17, 15) is 0 Å². The van der Waals surface area contributed by atoms with Crippen molar-refractivity contribution in [3.8, 4) is 0 Å². The highest BCUT2D eigenvalue weighted by molar-refractivity contribution is 5.17. The molecular weight excluding hydrogens is 202 g/mol. The van der Waals surface area contributed by atoms with Gasteiger partial charge in [-0.05, 0) is 6.07 Å². The first-order valence-corrected chi connectivity index (χ1v) is 5.22. The monoisotopic (exact) mass is 217 g/mol. The average molecular weight is 217 g/mol. The lowest BCUT2D eigenvalue weighted by molar-refractivity contribution is 0.555. The van der Waals surface area contributed by atoms with Crippen LogP contribution in [0.3, 0.4) is 0 Å². The predicted octanol–water partition coefficient (Wildman–Crippen LogP) is 0.970. The van der Waals surface area contributed by atoms with Crippen LogP contribution in [0.2, 0.25) is 0 Å². The van der Waals surface area contributed by atoms with Crippen LogP contribution in [-0.4, -0.2) is 26.1 Å². The van der Waals surface area contributed by atoms with Gasteiger partial charge in [-0.15, -0.1) is 0 Å². The van der Waals surface area contributed by atoms with Gasteiger partial charge in [-0.25, -0.2) is 4.68 Å². The van der Waals surface area contributed by atoms with Crippen LogP contribution < -0.4 is 5.32 Å². The maximum Gasteiger partial charge on any atom is 0.0538 e. The average Bonchev–Trinajstić information content (AvgIpc) is 2.95. The third kappa shape index (κ3) is 2.80. The minimum atomic E-state index is 0.815. The van der Waals surface area contributed by atoms with E-state index in [0.717, 1.165) is 25.2 Å². The fourth-order valence-electron chi connectivity index (χ4n) is 1.43. The molecule has 0 unspecified atom stereocenters. The van der Waals surface area contributed by atoms with E-state index in [1.54, 1.807) is 17.1 Å². The molecule has 0 amide bonds. The van der Waals surface area contributed by atoms with Crippen LogP contribution in [0, 0.1) is 0 Å². The zero-order valence-corrected chi connectivity index (χ0v) is 9.08. The fourth-order valence-corrected chi connectivity index (χ4v) is 1.43. The molecule has 1 N–H and O–H groups in total. The molecule has 0 aliphatic rings. The highest BCUT2D eigenvalue weighted by atomic mass is 15.3. The molecule has 0 radical (unpaired) electrons. The molecule has 0 atom stereocenters. The quantitative estimate of drug-likeness (QED) is 0.733. The Bertz CT molecular complexity index is 429. The molecule has 2 heterocycles. The van der Waals surface area contributed by atoms with Crippen LogP contribution >= 0.6 is 0 Å². The number of hydrogen-bond donors (Lipinski definition) is 1.